The molecule has 0 spiro atoms. The zero-order valence-corrected chi connectivity index (χ0v) is 12.7. The Kier molecular flexibility index (Phi) is 3.37. The number of benzene rings is 2. The molecule has 1 aliphatic heterocycles. The van der Waals surface area contributed by atoms with E-state index in [1.165, 1.54) is 17.4 Å². The summed E-state index contributed by atoms with van der Waals surface area (Å²) >= 11 is 0. The molecule has 0 radical (unpaired) electrons. The third-order valence-electron chi connectivity index (χ3n) is 3.89. The van der Waals surface area contributed by atoms with Gasteiger partial charge in [-0.05, 0) is 35.7 Å². The van der Waals surface area contributed by atoms with Gasteiger partial charge in [0.05, 0.1) is 10.6 Å². The predicted molar refractivity (Wildman–Crippen MR) is 85.2 cm³/mol. The predicted octanol–water partition coefficient (Wildman–Crippen LogP) is 2.24. The van der Waals surface area contributed by atoms with Crippen LogP contribution in [-0.4, -0.2) is 21.2 Å². The molecular weight excluding hydrogens is 284 g/mol. The molecule has 5 heteroatoms. The molecule has 2 N–H and O–H groups in total. The van der Waals surface area contributed by atoms with Crippen LogP contribution in [0, 0.1) is 0 Å². The molecule has 0 bridgehead atoms. The molecule has 0 saturated heterocycles. The average Bonchev–Trinajstić information content (AvgIpc) is 2.45. The summed E-state index contributed by atoms with van der Waals surface area (Å²) in [5.41, 5.74) is 9.88. The number of nitrogens with zero attached hydrogens (tertiary/aromatic N) is 1. The summed E-state index contributed by atoms with van der Waals surface area (Å²) < 4.78 is 23.2. The number of nitrogen functional groups attached to an aromatic ring is 1. The summed E-state index contributed by atoms with van der Waals surface area (Å²) in [6.45, 7) is 1.74. The van der Waals surface area contributed by atoms with Crippen molar-refractivity contribution in [2.45, 2.75) is 17.9 Å². The Morgan fingerprint density at radius 3 is 2.48 bits per heavy atom. The maximum atomic E-state index is 11.6. The minimum atomic E-state index is -3.27. The average molecular weight is 302 g/mol. The first-order valence-electron chi connectivity index (χ1n) is 6.86. The fraction of sp³-hybridized carbons (Fsp3) is 0.250. The largest absolute Gasteiger partial charge is 0.398 e. The van der Waals surface area contributed by atoms with Crippen LogP contribution in [0.3, 0.4) is 0 Å². The number of hydrogen-bond acceptors (Lipinski definition) is 4. The standard InChI is InChI=1S/C16H18N2O2S/c1-21(19,20)16-7-6-14(10-15(16)17)18-9-8-12-4-2-3-5-13(12)11-18/h2-7,10H,8-9,11,17H2,1H3. The van der Waals surface area contributed by atoms with E-state index >= 15 is 0 Å². The van der Waals surface area contributed by atoms with Crippen LogP contribution in [0.1, 0.15) is 11.1 Å². The number of fused-ring (bicyclic) bond motifs is 1. The van der Waals surface area contributed by atoms with Crippen LogP contribution in [0.5, 0.6) is 0 Å². The molecule has 2 aromatic carbocycles. The molecule has 1 heterocycles. The van der Waals surface area contributed by atoms with E-state index in [2.05, 4.69) is 23.1 Å². The smallest absolute Gasteiger partial charge is 0.177 e. The van der Waals surface area contributed by atoms with E-state index in [0.717, 1.165) is 25.2 Å². The van der Waals surface area contributed by atoms with Crippen molar-refractivity contribution >= 4 is 21.2 Å². The van der Waals surface area contributed by atoms with Crippen molar-refractivity contribution in [2.75, 3.05) is 23.4 Å². The molecule has 4 nitrogen and oxygen atoms in total. The van der Waals surface area contributed by atoms with Gasteiger partial charge < -0.3 is 10.6 Å². The Morgan fingerprint density at radius 1 is 1.10 bits per heavy atom. The number of rotatable bonds is 2. The molecular formula is C16H18N2O2S. The van der Waals surface area contributed by atoms with Crippen molar-refractivity contribution < 1.29 is 8.42 Å². The molecule has 0 unspecified atom stereocenters. The highest BCUT2D eigenvalue weighted by atomic mass is 32.2. The zero-order valence-electron chi connectivity index (χ0n) is 11.9. The molecule has 0 aliphatic carbocycles. The quantitative estimate of drug-likeness (QED) is 0.864. The lowest BCUT2D eigenvalue weighted by molar-refractivity contribution is 0.602. The Morgan fingerprint density at radius 2 is 1.81 bits per heavy atom. The second kappa shape index (κ2) is 5.07. The van der Waals surface area contributed by atoms with Crippen LogP contribution in [0.2, 0.25) is 0 Å². The van der Waals surface area contributed by atoms with E-state index in [-0.39, 0.29) is 4.90 Å². The van der Waals surface area contributed by atoms with Gasteiger partial charge in [-0.1, -0.05) is 24.3 Å². The topological polar surface area (TPSA) is 63.4 Å². The van der Waals surface area contributed by atoms with Gasteiger partial charge in [0, 0.05) is 25.0 Å². The van der Waals surface area contributed by atoms with E-state index in [0.29, 0.717) is 5.69 Å². The van der Waals surface area contributed by atoms with Gasteiger partial charge in [-0.15, -0.1) is 0 Å². The number of hydrogen-bond donors (Lipinski definition) is 1. The molecule has 0 aromatic heterocycles. The van der Waals surface area contributed by atoms with Crippen LogP contribution >= 0.6 is 0 Å². The maximum absolute atomic E-state index is 11.6. The Bertz CT molecular complexity index is 785. The molecule has 0 amide bonds. The molecule has 1 aliphatic rings. The summed E-state index contributed by atoms with van der Waals surface area (Å²) in [7, 11) is -3.27. The highest BCUT2D eigenvalue weighted by Crippen LogP contribution is 2.28. The SMILES string of the molecule is CS(=O)(=O)c1ccc(N2CCc3ccccc3C2)cc1N. The van der Waals surface area contributed by atoms with Gasteiger partial charge in [-0.25, -0.2) is 8.42 Å². The minimum absolute atomic E-state index is 0.198. The highest BCUT2D eigenvalue weighted by Gasteiger charge is 2.18. The van der Waals surface area contributed by atoms with Crippen LogP contribution < -0.4 is 10.6 Å². The minimum Gasteiger partial charge on any atom is -0.398 e. The Labute approximate surface area is 125 Å². The van der Waals surface area contributed by atoms with E-state index < -0.39 is 9.84 Å². The van der Waals surface area contributed by atoms with Gasteiger partial charge in [0.15, 0.2) is 9.84 Å². The van der Waals surface area contributed by atoms with Gasteiger partial charge >= 0.3 is 0 Å². The molecule has 3 rings (SSSR count). The van der Waals surface area contributed by atoms with Crippen LogP contribution in [0.4, 0.5) is 11.4 Å². The number of anilines is 2. The van der Waals surface area contributed by atoms with Gasteiger partial charge in [0.1, 0.15) is 0 Å². The Hall–Kier alpha value is -2.01. The number of sulfone groups is 1. The summed E-state index contributed by atoms with van der Waals surface area (Å²) in [4.78, 5) is 2.42. The summed E-state index contributed by atoms with van der Waals surface area (Å²) in [6.07, 6.45) is 2.17. The first kappa shape index (κ1) is 13.9. The Balaban J connectivity index is 1.91. The van der Waals surface area contributed by atoms with Crippen molar-refractivity contribution in [2.24, 2.45) is 0 Å². The monoisotopic (exact) mass is 302 g/mol. The lowest BCUT2D eigenvalue weighted by atomic mass is 9.99. The van der Waals surface area contributed by atoms with Gasteiger partial charge in [-0.3, -0.25) is 0 Å². The normalized spacial score (nSPS) is 14.8. The van der Waals surface area contributed by atoms with Gasteiger partial charge in [0.2, 0.25) is 0 Å². The van der Waals surface area contributed by atoms with E-state index in [4.69, 9.17) is 5.73 Å². The van der Waals surface area contributed by atoms with Crippen molar-refractivity contribution in [1.29, 1.82) is 0 Å². The lowest BCUT2D eigenvalue weighted by Crippen LogP contribution is -2.30. The lowest BCUT2D eigenvalue weighted by Gasteiger charge is -2.31. The summed E-state index contributed by atoms with van der Waals surface area (Å²) in [5, 5.41) is 0. The fourth-order valence-corrected chi connectivity index (χ4v) is 3.59. The number of nitrogens with two attached hydrogens (primary N) is 1. The van der Waals surface area contributed by atoms with Gasteiger partial charge in [-0.2, -0.15) is 0 Å². The first-order valence-corrected chi connectivity index (χ1v) is 8.75. The highest BCUT2D eigenvalue weighted by molar-refractivity contribution is 7.90. The molecule has 0 saturated carbocycles. The van der Waals surface area contributed by atoms with Crippen molar-refractivity contribution in [3.63, 3.8) is 0 Å². The van der Waals surface area contributed by atoms with Crippen molar-refractivity contribution in [3.8, 4) is 0 Å². The summed E-state index contributed by atoms with van der Waals surface area (Å²) in [5.74, 6) is 0. The fourth-order valence-electron chi connectivity index (χ4n) is 2.79. The van der Waals surface area contributed by atoms with Crippen molar-refractivity contribution in [3.05, 3.63) is 53.6 Å². The molecule has 110 valence electrons. The van der Waals surface area contributed by atoms with Crippen LogP contribution in [0.15, 0.2) is 47.4 Å². The second-order valence-electron chi connectivity index (χ2n) is 5.43. The van der Waals surface area contributed by atoms with Crippen LogP contribution in [0.25, 0.3) is 0 Å². The maximum Gasteiger partial charge on any atom is 0.177 e. The second-order valence-corrected chi connectivity index (χ2v) is 7.42. The van der Waals surface area contributed by atoms with E-state index in [1.54, 1.807) is 12.1 Å². The molecule has 21 heavy (non-hydrogen) atoms. The third-order valence-corrected chi connectivity index (χ3v) is 5.06. The zero-order chi connectivity index (χ0) is 15.0. The van der Waals surface area contributed by atoms with Crippen LogP contribution in [-0.2, 0) is 22.8 Å². The summed E-state index contributed by atoms with van der Waals surface area (Å²) in [6, 6.07) is 13.6. The van der Waals surface area contributed by atoms with E-state index in [1.807, 2.05) is 12.1 Å². The first-order chi connectivity index (χ1) is 9.95. The van der Waals surface area contributed by atoms with Gasteiger partial charge in [0.25, 0.3) is 0 Å². The molecule has 0 fully saturated rings. The molecule has 2 aromatic rings. The molecule has 0 atom stereocenters. The van der Waals surface area contributed by atoms with E-state index in [9.17, 15) is 8.42 Å². The van der Waals surface area contributed by atoms with Crippen molar-refractivity contribution in [1.82, 2.24) is 0 Å². The third kappa shape index (κ3) is 2.74.